The molecule has 0 nitrogen and oxygen atoms in total. The fourth-order valence-electron chi connectivity index (χ4n) is 13.3. The largest absolute Gasteiger partial charge is 1.00 e. The van der Waals surface area contributed by atoms with Crippen molar-refractivity contribution >= 4 is 54.0 Å². The first kappa shape index (κ1) is 75.7. The molecule has 0 aromatic heterocycles. The van der Waals surface area contributed by atoms with Gasteiger partial charge in [-0.05, 0) is 176 Å². The molecule has 0 atom stereocenters. The Kier molecular flexibility index (Phi) is 29.2. The van der Waals surface area contributed by atoms with Gasteiger partial charge in [0.15, 0.2) is 0 Å². The Hall–Kier alpha value is -5.02. The van der Waals surface area contributed by atoms with E-state index in [2.05, 4.69) is 307 Å². The molecule has 0 unspecified atom stereocenters. The van der Waals surface area contributed by atoms with Crippen LogP contribution in [0, 0.1) is 83.1 Å². The Labute approximate surface area is 585 Å². The van der Waals surface area contributed by atoms with Gasteiger partial charge in [0.1, 0.15) is 0 Å². The van der Waals surface area contributed by atoms with Gasteiger partial charge in [0.2, 0.25) is 0 Å². The fourth-order valence-corrected chi connectivity index (χ4v) is 13.3. The molecule has 90 heavy (non-hydrogen) atoms. The average Bonchev–Trinajstić information content (AvgIpc) is 1.60. The fraction of sp³-hybridized carbons (Fsp3) is 0.286. The van der Waals surface area contributed by atoms with Crippen molar-refractivity contribution in [2.75, 3.05) is 0 Å². The van der Waals surface area contributed by atoms with E-state index in [0.29, 0.717) is 0 Å². The molecule has 0 aliphatic heterocycles. The summed E-state index contributed by atoms with van der Waals surface area (Å²) in [5.41, 5.74) is 33.5. The summed E-state index contributed by atoms with van der Waals surface area (Å²) >= 11 is 3.48. The molecule has 0 amide bonds. The van der Waals surface area contributed by atoms with Crippen LogP contribution in [-0.4, -0.2) is 10.9 Å². The minimum absolute atomic E-state index is 0. The van der Waals surface area contributed by atoms with Crippen LogP contribution in [0.2, 0.25) is 26.2 Å². The Morgan fingerprint density at radius 2 is 0.433 bits per heavy atom. The maximum atomic E-state index is 2.35. The second kappa shape index (κ2) is 34.8. The Morgan fingerprint density at radius 3 is 0.578 bits per heavy atom. The topological polar surface area (TPSA) is 0 Å². The number of fused-ring (bicyclic) bond motifs is 4. The van der Waals surface area contributed by atoms with Crippen molar-refractivity contribution in [3.8, 4) is 44.5 Å². The molecule has 0 heterocycles. The van der Waals surface area contributed by atoms with Gasteiger partial charge in [0, 0.05) is 0 Å². The van der Waals surface area contributed by atoms with E-state index < -0.39 is 0 Å². The molecule has 0 spiro atoms. The van der Waals surface area contributed by atoms with E-state index in [9.17, 15) is 0 Å². The van der Waals surface area contributed by atoms with E-state index in [1.807, 2.05) is 0 Å². The van der Waals surface area contributed by atoms with Crippen LogP contribution < -0.4 is 24.8 Å². The van der Waals surface area contributed by atoms with Crippen molar-refractivity contribution < 1.29 is 71.5 Å². The Morgan fingerprint density at radius 1 is 0.278 bits per heavy atom. The molecule has 12 rings (SSSR count). The molecule has 0 aliphatic rings. The van der Waals surface area contributed by atoms with Crippen molar-refractivity contribution in [2.24, 2.45) is 0 Å². The molecule has 12 aromatic rings. The smallest absolute Gasteiger partial charge is 1.00 e. The van der Waals surface area contributed by atoms with Crippen LogP contribution in [0.5, 0.6) is 0 Å². The quantitative estimate of drug-likeness (QED) is 0.105. The summed E-state index contributed by atoms with van der Waals surface area (Å²) in [6, 6.07) is 63.5. The third-order valence-electron chi connectivity index (χ3n) is 16.7. The molecule has 6 heteroatoms. The van der Waals surface area contributed by atoms with Crippen molar-refractivity contribution in [3.05, 3.63) is 259 Å². The van der Waals surface area contributed by atoms with Gasteiger partial charge in [-0.2, -0.15) is 24.3 Å². The molecule has 0 saturated carbocycles. The van der Waals surface area contributed by atoms with Crippen molar-refractivity contribution in [2.45, 2.75) is 163 Å². The molecule has 0 aliphatic carbocycles. The summed E-state index contributed by atoms with van der Waals surface area (Å²) in [7, 11) is 0. The van der Waals surface area contributed by atoms with Gasteiger partial charge in [0.25, 0.3) is 0 Å². The maximum Gasteiger partial charge on any atom is -1.00 e. The Bertz CT molecular complexity index is 3780. The number of rotatable bonds is 8. The zero-order valence-electron chi connectivity index (χ0n) is 57.8. The Balaban J connectivity index is 0.000000208. The van der Waals surface area contributed by atoms with E-state index in [1.165, 1.54) is 177 Å². The van der Waals surface area contributed by atoms with Gasteiger partial charge >= 0.3 is 83.7 Å². The zero-order valence-corrected chi connectivity index (χ0v) is 66.2. The van der Waals surface area contributed by atoms with Gasteiger partial charge in [-0.15, -0.1) is 138 Å². The third-order valence-corrected chi connectivity index (χ3v) is 16.7. The summed E-state index contributed by atoms with van der Waals surface area (Å²) in [6.45, 7) is 44.5. The van der Waals surface area contributed by atoms with Gasteiger partial charge in [0.05, 0.1) is 0 Å². The minimum Gasteiger partial charge on any atom is -1.00 e. The zero-order chi connectivity index (χ0) is 64.3. The summed E-state index contributed by atoms with van der Waals surface area (Å²) in [5, 5.41) is 11.0. The SMILES string of the molecule is CCc1cc2c(-c3c(C)cc(C)cc3C)cccc2[cH-]1.CCc1cc2c(-c3c(C)cc(C)cc3C)cccc2[cH-]1.CCc1cc2c(-c3c(C)cc(C)cc3C)cccc2[cH-]1.CCc1cc2c(-c3c(C)cc(C)cc3C)cccc2[cH-]1.C[Si](C)=[Zr+2].C[Si](C)=[Zr+2].[Cl-].[Cl-]. The molecule has 0 saturated heterocycles. The second-order valence-electron chi connectivity index (χ2n) is 25.2. The number of halogens is 2. The van der Waals surface area contributed by atoms with Crippen LogP contribution in [-0.2, 0) is 72.4 Å². The van der Waals surface area contributed by atoms with Crippen molar-refractivity contribution in [1.82, 2.24) is 0 Å². The van der Waals surface area contributed by atoms with E-state index in [4.69, 9.17) is 0 Å². The summed E-state index contributed by atoms with van der Waals surface area (Å²) in [4.78, 5) is 0. The minimum atomic E-state index is 0. The van der Waals surface area contributed by atoms with Gasteiger partial charge in [-0.3, -0.25) is 0 Å². The van der Waals surface area contributed by atoms with Crippen molar-refractivity contribution in [3.63, 3.8) is 0 Å². The number of benzene rings is 8. The molecule has 0 bridgehead atoms. The van der Waals surface area contributed by atoms with Crippen LogP contribution in [0.15, 0.2) is 170 Å². The first-order valence-corrected chi connectivity index (χ1v) is 44.3. The van der Waals surface area contributed by atoms with Crippen LogP contribution >= 0.6 is 0 Å². The van der Waals surface area contributed by atoms with Crippen LogP contribution in [0.1, 0.15) is 117 Å². The number of hydrogen-bond donors (Lipinski definition) is 0. The van der Waals surface area contributed by atoms with Crippen LogP contribution in [0.4, 0.5) is 0 Å². The predicted octanol–water partition coefficient (Wildman–Crippen LogP) is 18.4. The van der Waals surface area contributed by atoms with Gasteiger partial charge in [-0.25, -0.2) is 0 Å². The third kappa shape index (κ3) is 19.1. The molecule has 12 aromatic carbocycles. The molecule has 0 N–H and O–H groups in total. The van der Waals surface area contributed by atoms with Crippen LogP contribution in [0.25, 0.3) is 87.6 Å². The van der Waals surface area contributed by atoms with Crippen LogP contribution in [0.3, 0.4) is 0 Å². The summed E-state index contributed by atoms with van der Waals surface area (Å²) in [5.74, 6) is 0. The monoisotopic (exact) mass is 1410 g/mol. The standard InChI is InChI=1S/4C20H21.2C2H6Si.2ClH.2Zr/c4*1-5-16-11-17-7-6-8-18(19(17)12-16)20-14(3)9-13(2)10-15(20)4;2*1-3-2;;;;/h4*6-12H,5H2,1-4H3;2*1-2H3;2*1H;;/q4*-1;;;;;2*+2/p-2. The van der Waals surface area contributed by atoms with E-state index >= 15 is 0 Å². The second-order valence-corrected chi connectivity index (χ2v) is 43.9. The van der Waals surface area contributed by atoms with Gasteiger partial charge in [-0.1, -0.05) is 145 Å². The van der Waals surface area contributed by atoms with E-state index in [0.717, 1.165) is 25.7 Å². The summed E-state index contributed by atoms with van der Waals surface area (Å²) in [6.07, 6.45) is 4.39. The number of hydrogen-bond acceptors (Lipinski definition) is 0. The van der Waals surface area contributed by atoms with Gasteiger partial charge < -0.3 is 24.8 Å². The molecule has 0 radical (unpaired) electrons. The van der Waals surface area contributed by atoms with Crippen molar-refractivity contribution in [1.29, 1.82) is 0 Å². The van der Waals surface area contributed by atoms with E-state index in [-0.39, 0.29) is 35.7 Å². The number of aryl methyl sites for hydroxylation is 16. The predicted molar refractivity (Wildman–Crippen MR) is 389 cm³/mol. The molecule has 464 valence electrons. The maximum absolute atomic E-state index is 2.35. The molecule has 0 fully saturated rings. The first-order valence-electron chi connectivity index (χ1n) is 32.0. The normalized spacial score (nSPS) is 10.6. The average molecular weight is 1420 g/mol. The summed E-state index contributed by atoms with van der Waals surface area (Å²) < 4.78 is 0. The first-order chi connectivity index (χ1) is 41.9. The molecular formula is C84H96Cl2Si2Zr2-2. The molecular weight excluding hydrogens is 1320 g/mol. The van der Waals surface area contributed by atoms with E-state index in [1.54, 1.807) is 46.7 Å².